The van der Waals surface area contributed by atoms with Gasteiger partial charge in [-0.25, -0.2) is 0 Å². The fourth-order valence-corrected chi connectivity index (χ4v) is 2.81. The zero-order valence-electron chi connectivity index (χ0n) is 12.1. The van der Waals surface area contributed by atoms with E-state index in [-0.39, 0.29) is 0 Å². The molecule has 4 aromatic rings. The van der Waals surface area contributed by atoms with Gasteiger partial charge in [-0.3, -0.25) is 4.99 Å². The van der Waals surface area contributed by atoms with E-state index in [1.165, 1.54) is 21.5 Å². The van der Waals surface area contributed by atoms with E-state index >= 15 is 0 Å². The van der Waals surface area contributed by atoms with Gasteiger partial charge in [-0.2, -0.15) is 0 Å². The van der Waals surface area contributed by atoms with Crippen molar-refractivity contribution in [1.82, 2.24) is 0 Å². The molecule has 0 amide bonds. The largest absolute Gasteiger partial charge is 0.255 e. The summed E-state index contributed by atoms with van der Waals surface area (Å²) in [5.74, 6) is 0. The fraction of sp³-hybridized carbons (Fsp3) is 0. The summed E-state index contributed by atoms with van der Waals surface area (Å²) in [6.07, 6.45) is 1.94. The highest BCUT2D eigenvalue weighted by Gasteiger charge is 2.05. The van der Waals surface area contributed by atoms with E-state index in [0.717, 1.165) is 11.3 Å². The van der Waals surface area contributed by atoms with Crippen molar-refractivity contribution < 1.29 is 0 Å². The first kappa shape index (κ1) is 12.8. The first-order valence-corrected chi connectivity index (χ1v) is 7.41. The molecule has 0 spiro atoms. The maximum atomic E-state index is 4.81. The van der Waals surface area contributed by atoms with Gasteiger partial charge in [0.1, 0.15) is 0 Å². The molecule has 0 saturated carbocycles. The Balaban J connectivity index is 1.98. The van der Waals surface area contributed by atoms with Crippen molar-refractivity contribution >= 4 is 33.4 Å². The van der Waals surface area contributed by atoms with Crippen LogP contribution < -0.4 is 0 Å². The molecule has 0 saturated heterocycles. The molecule has 0 heterocycles. The molecule has 104 valence electrons. The van der Waals surface area contributed by atoms with E-state index < -0.39 is 0 Å². The van der Waals surface area contributed by atoms with Crippen LogP contribution >= 0.6 is 0 Å². The predicted octanol–water partition coefficient (Wildman–Crippen LogP) is 5.74. The Morgan fingerprint density at radius 2 is 1.14 bits per heavy atom. The van der Waals surface area contributed by atoms with Crippen LogP contribution in [0.3, 0.4) is 0 Å². The molecule has 0 unspecified atom stereocenters. The van der Waals surface area contributed by atoms with Crippen LogP contribution in [0.2, 0.25) is 0 Å². The molecule has 0 fully saturated rings. The van der Waals surface area contributed by atoms with Crippen molar-refractivity contribution in [3.63, 3.8) is 0 Å². The fourth-order valence-electron chi connectivity index (χ4n) is 2.81. The van der Waals surface area contributed by atoms with Crippen molar-refractivity contribution in [1.29, 1.82) is 0 Å². The van der Waals surface area contributed by atoms with Gasteiger partial charge < -0.3 is 0 Å². The molecule has 22 heavy (non-hydrogen) atoms. The van der Waals surface area contributed by atoms with E-state index in [0.29, 0.717) is 0 Å². The molecule has 0 aliphatic rings. The first-order valence-electron chi connectivity index (χ1n) is 7.41. The lowest BCUT2D eigenvalue weighted by molar-refractivity contribution is 1.59. The van der Waals surface area contributed by atoms with Crippen LogP contribution in [-0.2, 0) is 0 Å². The molecule has 0 atom stereocenters. The number of rotatable bonds is 2. The molecule has 0 aliphatic carbocycles. The summed E-state index contributed by atoms with van der Waals surface area (Å²) in [5, 5.41) is 4.82. The summed E-state index contributed by atoms with van der Waals surface area (Å²) in [5.41, 5.74) is 2.15. The Morgan fingerprint density at radius 1 is 0.591 bits per heavy atom. The summed E-state index contributed by atoms with van der Waals surface area (Å²) in [6.45, 7) is 0. The average molecular weight is 281 g/mol. The molecule has 4 aromatic carbocycles. The normalized spacial score (nSPS) is 11.5. The summed E-state index contributed by atoms with van der Waals surface area (Å²) < 4.78 is 0. The minimum Gasteiger partial charge on any atom is -0.255 e. The summed E-state index contributed by atoms with van der Waals surface area (Å²) in [6, 6.07) is 29.3. The van der Waals surface area contributed by atoms with Gasteiger partial charge in [-0.15, -0.1) is 0 Å². The van der Waals surface area contributed by atoms with Gasteiger partial charge in [0.05, 0.1) is 5.69 Å². The third kappa shape index (κ3) is 2.27. The quantitative estimate of drug-likeness (QED) is 0.328. The number of aliphatic imine (C=N–C) groups is 1. The van der Waals surface area contributed by atoms with E-state index in [9.17, 15) is 0 Å². The molecule has 1 heteroatoms. The van der Waals surface area contributed by atoms with E-state index in [4.69, 9.17) is 4.99 Å². The van der Waals surface area contributed by atoms with E-state index in [2.05, 4.69) is 66.7 Å². The van der Waals surface area contributed by atoms with Crippen molar-refractivity contribution in [2.75, 3.05) is 0 Å². The highest BCUT2D eigenvalue weighted by molar-refractivity contribution is 6.10. The van der Waals surface area contributed by atoms with Crippen molar-refractivity contribution in [3.8, 4) is 0 Å². The lowest BCUT2D eigenvalue weighted by atomic mass is 10.0. The second-order valence-electron chi connectivity index (χ2n) is 5.34. The zero-order valence-corrected chi connectivity index (χ0v) is 12.1. The topological polar surface area (TPSA) is 12.4 Å². The first-order chi connectivity index (χ1) is 10.9. The van der Waals surface area contributed by atoms with Gasteiger partial charge >= 0.3 is 0 Å². The predicted molar refractivity (Wildman–Crippen MR) is 95.2 cm³/mol. The molecule has 1 nitrogen and oxygen atoms in total. The van der Waals surface area contributed by atoms with Crippen molar-refractivity contribution in [2.24, 2.45) is 4.99 Å². The van der Waals surface area contributed by atoms with Gasteiger partial charge in [0.25, 0.3) is 0 Å². The molecule has 0 aromatic heterocycles. The van der Waals surface area contributed by atoms with E-state index in [1.54, 1.807) is 0 Å². The van der Waals surface area contributed by atoms with Gasteiger partial charge in [0.2, 0.25) is 0 Å². The Bertz CT molecular complexity index is 915. The SMILES string of the molecule is C(=Nc1c2ccccc2cc2ccccc12)c1ccccc1. The molecule has 0 N–H and O–H groups in total. The monoisotopic (exact) mass is 281 g/mol. The standard InChI is InChI=1S/C21H15N/c1-2-8-16(9-3-1)15-22-21-19-12-6-4-10-17(19)14-18-11-5-7-13-20(18)21/h1-15H. The Hall–Kier alpha value is -2.93. The molecule has 0 radical (unpaired) electrons. The van der Waals surface area contributed by atoms with Crippen LogP contribution in [0, 0.1) is 0 Å². The zero-order chi connectivity index (χ0) is 14.8. The third-order valence-electron chi connectivity index (χ3n) is 3.89. The van der Waals surface area contributed by atoms with Gasteiger partial charge in [0, 0.05) is 17.0 Å². The Kier molecular flexibility index (Phi) is 3.17. The Morgan fingerprint density at radius 3 is 1.77 bits per heavy atom. The highest BCUT2D eigenvalue weighted by Crippen LogP contribution is 2.34. The summed E-state index contributed by atoms with van der Waals surface area (Å²) in [4.78, 5) is 4.81. The lowest BCUT2D eigenvalue weighted by Crippen LogP contribution is -1.82. The van der Waals surface area contributed by atoms with Crippen LogP contribution in [0.5, 0.6) is 0 Å². The summed E-state index contributed by atoms with van der Waals surface area (Å²) in [7, 11) is 0. The van der Waals surface area contributed by atoms with E-state index in [1.807, 2.05) is 24.4 Å². The highest BCUT2D eigenvalue weighted by atomic mass is 14.7. The number of nitrogens with zero attached hydrogens (tertiary/aromatic N) is 1. The molecule has 4 rings (SSSR count). The molecule has 0 aliphatic heterocycles. The second kappa shape index (κ2) is 5.45. The number of benzene rings is 4. The maximum Gasteiger partial charge on any atom is 0.0786 e. The van der Waals surface area contributed by atoms with Crippen LogP contribution in [0.4, 0.5) is 5.69 Å². The smallest absolute Gasteiger partial charge is 0.0786 e. The Labute approximate surface area is 129 Å². The number of hydrogen-bond donors (Lipinski definition) is 0. The van der Waals surface area contributed by atoms with Gasteiger partial charge in [-0.05, 0) is 22.4 Å². The van der Waals surface area contributed by atoms with Crippen LogP contribution in [0.1, 0.15) is 5.56 Å². The average Bonchev–Trinajstić information content (AvgIpc) is 2.59. The number of fused-ring (bicyclic) bond motifs is 2. The van der Waals surface area contributed by atoms with Crippen LogP contribution in [0.15, 0.2) is 89.9 Å². The number of hydrogen-bond acceptors (Lipinski definition) is 1. The minimum absolute atomic E-state index is 1.04. The maximum absolute atomic E-state index is 4.81. The summed E-state index contributed by atoms with van der Waals surface area (Å²) >= 11 is 0. The van der Waals surface area contributed by atoms with Crippen LogP contribution in [-0.4, -0.2) is 6.21 Å². The second-order valence-corrected chi connectivity index (χ2v) is 5.34. The molecular weight excluding hydrogens is 266 g/mol. The van der Waals surface area contributed by atoms with Crippen molar-refractivity contribution in [3.05, 3.63) is 90.5 Å². The van der Waals surface area contributed by atoms with Crippen molar-refractivity contribution in [2.45, 2.75) is 0 Å². The molecule has 0 bridgehead atoms. The van der Waals surface area contributed by atoms with Gasteiger partial charge in [0.15, 0.2) is 0 Å². The third-order valence-corrected chi connectivity index (χ3v) is 3.89. The van der Waals surface area contributed by atoms with Gasteiger partial charge in [-0.1, -0.05) is 78.9 Å². The minimum atomic E-state index is 1.04. The molecular formula is C21H15N. The van der Waals surface area contributed by atoms with Crippen LogP contribution in [0.25, 0.3) is 21.5 Å². The lowest BCUT2D eigenvalue weighted by Gasteiger charge is -2.07.